The molecule has 148 valence electrons. The molecule has 1 atom stereocenters. The van der Waals surface area contributed by atoms with E-state index < -0.39 is 0 Å². The average Bonchev–Trinajstić information content (AvgIpc) is 2.54. The van der Waals surface area contributed by atoms with E-state index in [9.17, 15) is 4.79 Å². The molecule has 0 aromatic heterocycles. The highest BCUT2D eigenvalue weighted by Gasteiger charge is 2.26. The molecule has 0 saturated heterocycles. The van der Waals surface area contributed by atoms with Crippen LogP contribution in [0.5, 0.6) is 0 Å². The monoisotopic (exact) mass is 359 g/mol. The zero-order valence-electron chi connectivity index (χ0n) is 18.2. The minimum Gasteiger partial charge on any atom is -0.379 e. The van der Waals surface area contributed by atoms with E-state index in [2.05, 4.69) is 66.1 Å². The predicted octanol–water partition coefficient (Wildman–Crippen LogP) is 6.76. The van der Waals surface area contributed by atoms with Crippen molar-refractivity contribution in [2.45, 2.75) is 86.6 Å². The van der Waals surface area contributed by atoms with Crippen molar-refractivity contribution in [3.63, 3.8) is 0 Å². The Hall–Kier alpha value is -1.57. The number of nitrogens with one attached hydrogen (secondary N) is 1. The van der Waals surface area contributed by atoms with E-state index in [1.807, 2.05) is 13.0 Å². The summed E-state index contributed by atoms with van der Waals surface area (Å²) in [4.78, 5) is 12.8. The zero-order valence-corrected chi connectivity index (χ0v) is 18.2. The SMILES string of the molecule is C=C/C(=C\C=C(/C)CCC)CC(=O)C(CC)NC(=C)C(C)(C)CC(C)C. The number of carbonyl (C=O) groups is 1. The molecule has 0 fully saturated rings. The first-order valence-corrected chi connectivity index (χ1v) is 10.0. The Morgan fingerprint density at radius 1 is 1.19 bits per heavy atom. The highest BCUT2D eigenvalue weighted by Crippen LogP contribution is 2.31. The molecule has 2 nitrogen and oxygen atoms in total. The first-order chi connectivity index (χ1) is 12.1. The summed E-state index contributed by atoms with van der Waals surface area (Å²) in [7, 11) is 0. The van der Waals surface area contributed by atoms with Gasteiger partial charge in [0.05, 0.1) is 6.04 Å². The van der Waals surface area contributed by atoms with Gasteiger partial charge < -0.3 is 5.32 Å². The van der Waals surface area contributed by atoms with Crippen molar-refractivity contribution < 1.29 is 4.79 Å². The number of ketones is 1. The van der Waals surface area contributed by atoms with Gasteiger partial charge in [-0.3, -0.25) is 4.79 Å². The quantitative estimate of drug-likeness (QED) is 0.368. The summed E-state index contributed by atoms with van der Waals surface area (Å²) < 4.78 is 0. The second kappa shape index (κ2) is 11.9. The van der Waals surface area contributed by atoms with Gasteiger partial charge in [-0.05, 0) is 37.7 Å². The van der Waals surface area contributed by atoms with Gasteiger partial charge in [0.25, 0.3) is 0 Å². The van der Waals surface area contributed by atoms with Gasteiger partial charge in [0.1, 0.15) is 0 Å². The molecular formula is C24H41NO. The lowest BCUT2D eigenvalue weighted by molar-refractivity contribution is -0.120. The smallest absolute Gasteiger partial charge is 0.159 e. The molecule has 0 saturated carbocycles. The Balaban J connectivity index is 5.02. The van der Waals surface area contributed by atoms with Crippen LogP contribution in [0.4, 0.5) is 0 Å². The first kappa shape index (κ1) is 24.4. The predicted molar refractivity (Wildman–Crippen MR) is 116 cm³/mol. The van der Waals surface area contributed by atoms with Gasteiger partial charge in [0, 0.05) is 17.5 Å². The lowest BCUT2D eigenvalue weighted by Gasteiger charge is -2.32. The Kier molecular flexibility index (Phi) is 11.2. The van der Waals surface area contributed by atoms with Crippen LogP contribution in [-0.2, 0) is 4.79 Å². The summed E-state index contributed by atoms with van der Waals surface area (Å²) in [6.07, 6.45) is 10.3. The third-order valence-corrected chi connectivity index (χ3v) is 4.75. The van der Waals surface area contributed by atoms with Crippen molar-refractivity contribution in [2.75, 3.05) is 0 Å². The third kappa shape index (κ3) is 9.22. The average molecular weight is 360 g/mol. The second-order valence-electron chi connectivity index (χ2n) is 8.42. The molecule has 1 unspecified atom stereocenters. The van der Waals surface area contributed by atoms with E-state index in [-0.39, 0.29) is 17.2 Å². The lowest BCUT2D eigenvalue weighted by atomic mass is 9.81. The van der Waals surface area contributed by atoms with Crippen molar-refractivity contribution in [1.29, 1.82) is 0 Å². The number of carbonyl (C=O) groups excluding carboxylic acids is 1. The van der Waals surface area contributed by atoms with Gasteiger partial charge in [-0.2, -0.15) is 0 Å². The minimum absolute atomic E-state index is 0.0288. The molecule has 1 N–H and O–H groups in total. The van der Waals surface area contributed by atoms with Crippen molar-refractivity contribution in [3.8, 4) is 0 Å². The van der Waals surface area contributed by atoms with Crippen LogP contribution in [0, 0.1) is 11.3 Å². The maximum absolute atomic E-state index is 12.8. The fourth-order valence-corrected chi connectivity index (χ4v) is 3.21. The van der Waals surface area contributed by atoms with Gasteiger partial charge in [0.15, 0.2) is 5.78 Å². The van der Waals surface area contributed by atoms with Crippen LogP contribution in [-0.4, -0.2) is 11.8 Å². The Morgan fingerprint density at radius 3 is 2.27 bits per heavy atom. The molecule has 26 heavy (non-hydrogen) atoms. The summed E-state index contributed by atoms with van der Waals surface area (Å²) in [6, 6.07) is -0.196. The van der Waals surface area contributed by atoms with E-state index in [1.165, 1.54) is 5.57 Å². The molecule has 0 radical (unpaired) electrons. The van der Waals surface area contributed by atoms with Crippen molar-refractivity contribution in [3.05, 3.63) is 48.2 Å². The number of rotatable bonds is 13. The van der Waals surface area contributed by atoms with E-state index in [0.29, 0.717) is 12.3 Å². The van der Waals surface area contributed by atoms with Gasteiger partial charge in [-0.25, -0.2) is 0 Å². The molecule has 0 aromatic carbocycles. The van der Waals surface area contributed by atoms with Crippen LogP contribution in [0.2, 0.25) is 0 Å². The Morgan fingerprint density at radius 2 is 1.81 bits per heavy atom. The summed E-state index contributed by atoms with van der Waals surface area (Å²) in [6.45, 7) is 23.2. The highest BCUT2D eigenvalue weighted by atomic mass is 16.1. The Bertz CT molecular complexity index is 534. The molecule has 0 aromatic rings. The summed E-state index contributed by atoms with van der Waals surface area (Å²) >= 11 is 0. The molecule has 0 aliphatic carbocycles. The third-order valence-electron chi connectivity index (χ3n) is 4.75. The van der Waals surface area contributed by atoms with Crippen LogP contribution in [0.15, 0.2) is 48.2 Å². The second-order valence-corrected chi connectivity index (χ2v) is 8.42. The number of hydrogen-bond donors (Lipinski definition) is 1. The van der Waals surface area contributed by atoms with Gasteiger partial charge >= 0.3 is 0 Å². The van der Waals surface area contributed by atoms with Gasteiger partial charge in [0.2, 0.25) is 0 Å². The normalized spacial score (nSPS) is 14.3. The van der Waals surface area contributed by atoms with Crippen LogP contribution < -0.4 is 5.32 Å². The first-order valence-electron chi connectivity index (χ1n) is 10.0. The molecule has 0 rings (SSSR count). The molecular weight excluding hydrogens is 318 g/mol. The van der Waals surface area contributed by atoms with E-state index in [0.717, 1.165) is 37.0 Å². The maximum Gasteiger partial charge on any atom is 0.159 e. The van der Waals surface area contributed by atoms with E-state index in [4.69, 9.17) is 0 Å². The molecule has 0 amide bonds. The molecule has 0 spiro atoms. The molecule has 0 aliphatic heterocycles. The van der Waals surface area contributed by atoms with Crippen LogP contribution in [0.1, 0.15) is 80.6 Å². The standard InChI is InChI=1S/C24H41NO/c1-10-13-19(6)14-15-21(11-2)16-23(26)22(12-3)25-20(7)24(8,9)17-18(4)5/h11,14-15,18,22,25H,2,7,10,12-13,16-17H2,1,3-6,8-9H3/b19-14+,21-15+. The topological polar surface area (TPSA) is 29.1 Å². The fourth-order valence-electron chi connectivity index (χ4n) is 3.21. The lowest BCUT2D eigenvalue weighted by Crippen LogP contribution is -2.39. The largest absolute Gasteiger partial charge is 0.379 e. The highest BCUT2D eigenvalue weighted by molar-refractivity contribution is 5.86. The molecule has 2 heteroatoms. The van der Waals surface area contributed by atoms with Crippen LogP contribution >= 0.6 is 0 Å². The summed E-state index contributed by atoms with van der Waals surface area (Å²) in [5.74, 6) is 0.787. The van der Waals surface area contributed by atoms with E-state index in [1.54, 1.807) is 6.08 Å². The van der Waals surface area contributed by atoms with Crippen molar-refractivity contribution in [2.24, 2.45) is 11.3 Å². The fraction of sp³-hybridized carbons (Fsp3) is 0.625. The molecule has 0 aliphatic rings. The zero-order chi connectivity index (χ0) is 20.3. The van der Waals surface area contributed by atoms with Gasteiger partial charge in [-0.1, -0.05) is 84.9 Å². The van der Waals surface area contributed by atoms with Crippen LogP contribution in [0.3, 0.4) is 0 Å². The van der Waals surface area contributed by atoms with Crippen molar-refractivity contribution >= 4 is 5.78 Å². The summed E-state index contributed by atoms with van der Waals surface area (Å²) in [5.41, 5.74) is 3.22. The van der Waals surface area contributed by atoms with Crippen molar-refractivity contribution in [1.82, 2.24) is 5.32 Å². The van der Waals surface area contributed by atoms with E-state index >= 15 is 0 Å². The molecule has 0 heterocycles. The number of Topliss-reactive ketones (excluding diaryl/α,β-unsaturated/α-hetero) is 1. The maximum atomic E-state index is 12.8. The number of allylic oxidation sites excluding steroid dienone is 6. The molecule has 0 bridgehead atoms. The van der Waals surface area contributed by atoms with Crippen LogP contribution in [0.25, 0.3) is 0 Å². The minimum atomic E-state index is -0.196. The van der Waals surface area contributed by atoms with Gasteiger partial charge in [-0.15, -0.1) is 0 Å². The number of hydrogen-bond acceptors (Lipinski definition) is 2. The Labute approximate surface area is 162 Å². The summed E-state index contributed by atoms with van der Waals surface area (Å²) in [5, 5.41) is 3.41.